The molecule has 0 saturated heterocycles. The van der Waals surface area contributed by atoms with Crippen LogP contribution in [0.2, 0.25) is 0 Å². The second-order valence-electron chi connectivity index (χ2n) is 5.34. The van der Waals surface area contributed by atoms with Crippen LogP contribution >= 0.6 is 0 Å². The van der Waals surface area contributed by atoms with Gasteiger partial charge >= 0.3 is 5.97 Å². The van der Waals surface area contributed by atoms with Crippen LogP contribution in [0.15, 0.2) is 48.9 Å². The zero-order valence-corrected chi connectivity index (χ0v) is 12.8. The van der Waals surface area contributed by atoms with Crippen LogP contribution in [0.1, 0.15) is 16.2 Å². The van der Waals surface area contributed by atoms with Gasteiger partial charge in [0, 0.05) is 18.1 Å². The van der Waals surface area contributed by atoms with Gasteiger partial charge in [0.25, 0.3) is 0 Å². The van der Waals surface area contributed by atoms with Crippen LogP contribution in [0.25, 0.3) is 28.2 Å². The normalized spacial score (nSPS) is 11.0. The van der Waals surface area contributed by atoms with E-state index < -0.39 is 5.97 Å². The molecule has 0 atom stereocenters. The van der Waals surface area contributed by atoms with Crippen molar-refractivity contribution in [1.82, 2.24) is 24.5 Å². The number of nitrogens with one attached hydrogen (secondary N) is 1. The van der Waals surface area contributed by atoms with E-state index in [1.54, 1.807) is 6.20 Å². The van der Waals surface area contributed by atoms with Crippen molar-refractivity contribution in [2.75, 3.05) is 0 Å². The van der Waals surface area contributed by atoms with Crippen molar-refractivity contribution in [3.63, 3.8) is 0 Å². The number of benzene rings is 1. The van der Waals surface area contributed by atoms with E-state index in [2.05, 4.69) is 19.9 Å². The molecule has 0 spiro atoms. The molecule has 4 aromatic rings. The van der Waals surface area contributed by atoms with E-state index in [0.29, 0.717) is 22.6 Å². The minimum absolute atomic E-state index is 0.0959. The third-order valence-corrected chi connectivity index (χ3v) is 3.79. The first kappa shape index (κ1) is 14.1. The highest BCUT2D eigenvalue weighted by molar-refractivity contribution is 6.00. The number of carboxylic acids is 1. The van der Waals surface area contributed by atoms with Gasteiger partial charge in [0.1, 0.15) is 28.3 Å². The van der Waals surface area contributed by atoms with Crippen LogP contribution in [-0.4, -0.2) is 35.6 Å². The number of fused-ring (bicyclic) bond motifs is 1. The number of rotatable bonds is 3. The Balaban J connectivity index is 1.83. The third kappa shape index (κ3) is 2.23. The molecule has 0 saturated carbocycles. The summed E-state index contributed by atoms with van der Waals surface area (Å²) in [5, 5.41) is 9.22. The van der Waals surface area contributed by atoms with E-state index in [4.69, 9.17) is 0 Å². The monoisotopic (exact) mass is 319 g/mol. The molecule has 0 aliphatic heterocycles. The molecule has 3 heterocycles. The van der Waals surface area contributed by atoms with Gasteiger partial charge < -0.3 is 14.7 Å². The summed E-state index contributed by atoms with van der Waals surface area (Å²) in [5.74, 6) is -0.232. The number of carboxylic acid groups (broad SMARTS) is 1. The number of aryl methyl sites for hydroxylation is 1. The fourth-order valence-electron chi connectivity index (χ4n) is 2.62. The predicted molar refractivity (Wildman–Crippen MR) is 88.1 cm³/mol. The Morgan fingerprint density at radius 1 is 1.17 bits per heavy atom. The average Bonchev–Trinajstić information content (AvgIpc) is 3.18. The van der Waals surface area contributed by atoms with Crippen LogP contribution in [0.4, 0.5) is 0 Å². The van der Waals surface area contributed by atoms with Gasteiger partial charge in [-0.2, -0.15) is 0 Å². The molecule has 7 nitrogen and oxygen atoms in total. The number of aromatic carboxylic acids is 1. The first-order valence-electron chi connectivity index (χ1n) is 7.32. The minimum atomic E-state index is -1.04. The highest BCUT2D eigenvalue weighted by atomic mass is 16.4. The molecular formula is C17H13N5O2. The lowest BCUT2D eigenvalue weighted by Gasteiger charge is -2.03. The molecule has 3 aromatic heterocycles. The lowest BCUT2D eigenvalue weighted by molar-refractivity contribution is 0.0699. The molecular weight excluding hydrogens is 306 g/mol. The molecule has 0 amide bonds. The maximum Gasteiger partial charge on any atom is 0.339 e. The van der Waals surface area contributed by atoms with Crippen molar-refractivity contribution < 1.29 is 9.90 Å². The smallest absolute Gasteiger partial charge is 0.339 e. The van der Waals surface area contributed by atoms with Crippen LogP contribution < -0.4 is 0 Å². The Hall–Kier alpha value is -3.48. The zero-order valence-electron chi connectivity index (χ0n) is 12.8. The Morgan fingerprint density at radius 3 is 2.71 bits per heavy atom. The number of hydrogen-bond acceptors (Lipinski definition) is 4. The van der Waals surface area contributed by atoms with Gasteiger partial charge in [-0.15, -0.1) is 0 Å². The summed E-state index contributed by atoms with van der Waals surface area (Å²) in [6.07, 6.45) is 4.85. The topological polar surface area (TPSA) is 96.7 Å². The lowest BCUT2D eigenvalue weighted by atomic mass is 10.3. The summed E-state index contributed by atoms with van der Waals surface area (Å²) in [5.41, 5.74) is 3.03. The van der Waals surface area contributed by atoms with Crippen molar-refractivity contribution in [3.05, 3.63) is 60.3 Å². The van der Waals surface area contributed by atoms with E-state index in [0.717, 1.165) is 11.5 Å². The van der Waals surface area contributed by atoms with Crippen molar-refractivity contribution >= 4 is 17.1 Å². The first-order chi connectivity index (χ1) is 11.6. The minimum Gasteiger partial charge on any atom is -0.478 e. The Bertz CT molecular complexity index is 1050. The van der Waals surface area contributed by atoms with Crippen LogP contribution in [0.3, 0.4) is 0 Å². The molecule has 0 aliphatic rings. The Morgan fingerprint density at radius 2 is 1.96 bits per heavy atom. The molecule has 118 valence electrons. The third-order valence-electron chi connectivity index (χ3n) is 3.79. The number of nitrogens with zero attached hydrogens (tertiary/aromatic N) is 4. The SMILES string of the molecule is Cc1nc(-c2cnc3[nH]cc(C(=O)O)c3n2)cn1-c1ccccc1. The summed E-state index contributed by atoms with van der Waals surface area (Å²) in [6.45, 7) is 1.90. The van der Waals surface area contributed by atoms with Gasteiger partial charge in [-0.25, -0.2) is 19.7 Å². The number of H-pyrrole nitrogens is 1. The summed E-state index contributed by atoms with van der Waals surface area (Å²) in [7, 11) is 0. The standard InChI is InChI=1S/C17H13N5O2/c1-10-20-14(9-22(10)11-5-3-2-4-6-11)13-8-19-16-15(21-13)12(7-18-16)17(23)24/h2-9H,1H3,(H,18,19)(H,23,24). The van der Waals surface area contributed by atoms with Gasteiger partial charge in [-0.05, 0) is 19.1 Å². The number of para-hydroxylation sites is 1. The van der Waals surface area contributed by atoms with Crippen LogP contribution in [0, 0.1) is 6.92 Å². The second-order valence-corrected chi connectivity index (χ2v) is 5.34. The van der Waals surface area contributed by atoms with Crippen LogP contribution in [-0.2, 0) is 0 Å². The molecule has 0 aliphatic carbocycles. The summed E-state index contributed by atoms with van der Waals surface area (Å²) >= 11 is 0. The van der Waals surface area contributed by atoms with Gasteiger partial charge in [0.2, 0.25) is 0 Å². The molecule has 0 unspecified atom stereocenters. The van der Waals surface area contributed by atoms with E-state index in [9.17, 15) is 9.90 Å². The molecule has 4 rings (SSSR count). The molecule has 7 heteroatoms. The number of imidazole rings is 1. The maximum atomic E-state index is 11.3. The van der Waals surface area contributed by atoms with Gasteiger partial charge in [-0.3, -0.25) is 0 Å². The second kappa shape index (κ2) is 5.31. The van der Waals surface area contributed by atoms with E-state index in [-0.39, 0.29) is 5.56 Å². The Labute approximate surface area is 136 Å². The molecule has 1 aromatic carbocycles. The van der Waals surface area contributed by atoms with Crippen LogP contribution in [0.5, 0.6) is 0 Å². The average molecular weight is 319 g/mol. The molecule has 0 radical (unpaired) electrons. The first-order valence-corrected chi connectivity index (χ1v) is 7.32. The summed E-state index contributed by atoms with van der Waals surface area (Å²) < 4.78 is 1.95. The quantitative estimate of drug-likeness (QED) is 0.605. The van der Waals surface area contributed by atoms with Gasteiger partial charge in [0.05, 0.1) is 6.20 Å². The highest BCUT2D eigenvalue weighted by Crippen LogP contribution is 2.22. The number of aromatic nitrogens is 5. The van der Waals surface area contributed by atoms with Gasteiger partial charge in [0.15, 0.2) is 5.65 Å². The summed E-state index contributed by atoms with van der Waals surface area (Å²) in [4.78, 5) is 27.3. The highest BCUT2D eigenvalue weighted by Gasteiger charge is 2.15. The summed E-state index contributed by atoms with van der Waals surface area (Å²) in [6, 6.07) is 9.85. The van der Waals surface area contributed by atoms with E-state index in [1.165, 1.54) is 6.20 Å². The van der Waals surface area contributed by atoms with E-state index in [1.807, 2.05) is 48.0 Å². The fraction of sp³-hybridized carbons (Fsp3) is 0.0588. The molecule has 2 N–H and O–H groups in total. The molecule has 0 fully saturated rings. The van der Waals surface area contributed by atoms with Crippen molar-refractivity contribution in [1.29, 1.82) is 0 Å². The molecule has 0 bridgehead atoms. The lowest BCUT2D eigenvalue weighted by Crippen LogP contribution is -1.96. The predicted octanol–water partition coefficient (Wildman–Crippen LogP) is 2.82. The maximum absolute atomic E-state index is 11.3. The largest absolute Gasteiger partial charge is 0.478 e. The van der Waals surface area contributed by atoms with Crippen molar-refractivity contribution in [2.24, 2.45) is 0 Å². The Kier molecular flexibility index (Phi) is 3.13. The number of hydrogen-bond donors (Lipinski definition) is 2. The number of aromatic amines is 1. The van der Waals surface area contributed by atoms with E-state index >= 15 is 0 Å². The molecule has 24 heavy (non-hydrogen) atoms. The zero-order chi connectivity index (χ0) is 16.7. The van der Waals surface area contributed by atoms with Crippen molar-refractivity contribution in [2.45, 2.75) is 6.92 Å². The van der Waals surface area contributed by atoms with Crippen molar-refractivity contribution in [3.8, 4) is 17.1 Å². The van der Waals surface area contributed by atoms with Gasteiger partial charge in [-0.1, -0.05) is 18.2 Å². The number of carbonyl (C=O) groups is 1. The fourth-order valence-corrected chi connectivity index (χ4v) is 2.62.